The first-order chi connectivity index (χ1) is 8.29. The van der Waals surface area contributed by atoms with Gasteiger partial charge in [-0.25, -0.2) is 0 Å². The molecule has 1 atom stereocenters. The monoisotopic (exact) mass is 255 g/mol. The van der Waals surface area contributed by atoms with Crippen molar-refractivity contribution in [3.63, 3.8) is 0 Å². The zero-order chi connectivity index (χ0) is 12.1. The molecule has 1 aliphatic heterocycles. The minimum absolute atomic E-state index is 0.361. The van der Waals surface area contributed by atoms with Crippen molar-refractivity contribution in [2.75, 3.05) is 20.3 Å². The Labute approximate surface area is 107 Å². The molecule has 1 heterocycles. The Kier molecular flexibility index (Phi) is 4.66. The molecule has 0 amide bonds. The Balaban J connectivity index is 1.86. The van der Waals surface area contributed by atoms with Crippen LogP contribution >= 0.6 is 11.6 Å². The van der Waals surface area contributed by atoms with Gasteiger partial charge in [0.1, 0.15) is 5.75 Å². The molecule has 0 saturated carbocycles. The first kappa shape index (κ1) is 12.7. The predicted octanol–water partition coefficient (Wildman–Crippen LogP) is 2.62. The van der Waals surface area contributed by atoms with Crippen molar-refractivity contribution in [1.82, 2.24) is 5.32 Å². The number of benzene rings is 1. The summed E-state index contributed by atoms with van der Waals surface area (Å²) in [4.78, 5) is 0. The number of halogens is 1. The molecule has 0 radical (unpaired) electrons. The SMILES string of the molecule is COc1ccc(Cl)cc1CNCC1CCCO1. The highest BCUT2D eigenvalue weighted by atomic mass is 35.5. The number of hydrogen-bond donors (Lipinski definition) is 1. The second-order valence-electron chi connectivity index (χ2n) is 4.22. The average Bonchev–Trinajstić information content (AvgIpc) is 2.82. The zero-order valence-electron chi connectivity index (χ0n) is 10.0. The zero-order valence-corrected chi connectivity index (χ0v) is 10.8. The molecule has 1 aliphatic rings. The van der Waals surface area contributed by atoms with E-state index in [-0.39, 0.29) is 0 Å². The normalized spacial score (nSPS) is 19.5. The molecule has 0 spiro atoms. The number of ether oxygens (including phenoxy) is 2. The third-order valence-electron chi connectivity index (χ3n) is 2.95. The minimum atomic E-state index is 0.361. The lowest BCUT2D eigenvalue weighted by Crippen LogP contribution is -2.25. The van der Waals surface area contributed by atoms with Gasteiger partial charge in [0.25, 0.3) is 0 Å². The van der Waals surface area contributed by atoms with E-state index in [9.17, 15) is 0 Å². The number of rotatable bonds is 5. The summed E-state index contributed by atoms with van der Waals surface area (Å²) >= 11 is 5.97. The lowest BCUT2D eigenvalue weighted by atomic mass is 10.2. The second kappa shape index (κ2) is 6.24. The van der Waals surface area contributed by atoms with Crippen molar-refractivity contribution in [1.29, 1.82) is 0 Å². The maximum Gasteiger partial charge on any atom is 0.123 e. The van der Waals surface area contributed by atoms with Gasteiger partial charge in [0.2, 0.25) is 0 Å². The highest BCUT2D eigenvalue weighted by Gasteiger charge is 2.14. The van der Waals surface area contributed by atoms with Crippen molar-refractivity contribution in [2.24, 2.45) is 0 Å². The average molecular weight is 256 g/mol. The molecular weight excluding hydrogens is 238 g/mol. The van der Waals surface area contributed by atoms with Crippen LogP contribution in [0.4, 0.5) is 0 Å². The topological polar surface area (TPSA) is 30.5 Å². The molecule has 4 heteroatoms. The quantitative estimate of drug-likeness (QED) is 0.877. The first-order valence-corrected chi connectivity index (χ1v) is 6.32. The third kappa shape index (κ3) is 3.60. The van der Waals surface area contributed by atoms with E-state index in [0.717, 1.165) is 42.5 Å². The summed E-state index contributed by atoms with van der Waals surface area (Å²) in [6.45, 7) is 2.53. The molecule has 1 aromatic rings. The molecule has 94 valence electrons. The maximum absolute atomic E-state index is 5.97. The van der Waals surface area contributed by atoms with Gasteiger partial charge in [-0.1, -0.05) is 11.6 Å². The van der Waals surface area contributed by atoms with E-state index in [2.05, 4.69) is 5.32 Å². The molecule has 1 N–H and O–H groups in total. The Morgan fingerprint density at radius 2 is 2.41 bits per heavy atom. The fraction of sp³-hybridized carbons (Fsp3) is 0.538. The molecular formula is C13H18ClNO2. The van der Waals surface area contributed by atoms with E-state index in [0.29, 0.717) is 6.10 Å². The Hall–Kier alpha value is -0.770. The highest BCUT2D eigenvalue weighted by Crippen LogP contribution is 2.22. The predicted molar refractivity (Wildman–Crippen MR) is 68.7 cm³/mol. The Morgan fingerprint density at radius 1 is 1.53 bits per heavy atom. The number of nitrogens with one attached hydrogen (secondary N) is 1. The highest BCUT2D eigenvalue weighted by molar-refractivity contribution is 6.30. The lowest BCUT2D eigenvalue weighted by Gasteiger charge is -2.13. The van der Waals surface area contributed by atoms with Gasteiger partial charge in [0.05, 0.1) is 13.2 Å². The van der Waals surface area contributed by atoms with Crippen LogP contribution in [0, 0.1) is 0 Å². The van der Waals surface area contributed by atoms with E-state index in [1.54, 1.807) is 7.11 Å². The van der Waals surface area contributed by atoms with Gasteiger partial charge < -0.3 is 14.8 Å². The van der Waals surface area contributed by atoms with Gasteiger partial charge in [-0.05, 0) is 31.0 Å². The van der Waals surface area contributed by atoms with Gasteiger partial charge in [0.15, 0.2) is 0 Å². The summed E-state index contributed by atoms with van der Waals surface area (Å²) in [5.41, 5.74) is 1.08. The van der Waals surface area contributed by atoms with Gasteiger partial charge in [-0.2, -0.15) is 0 Å². The van der Waals surface area contributed by atoms with Crippen molar-refractivity contribution in [3.05, 3.63) is 28.8 Å². The van der Waals surface area contributed by atoms with Gasteiger partial charge in [-0.15, -0.1) is 0 Å². The summed E-state index contributed by atoms with van der Waals surface area (Å²) in [5, 5.41) is 4.12. The summed E-state index contributed by atoms with van der Waals surface area (Å²) in [7, 11) is 1.67. The van der Waals surface area contributed by atoms with Crippen LogP contribution in [-0.4, -0.2) is 26.4 Å². The largest absolute Gasteiger partial charge is 0.496 e. The molecule has 0 aliphatic carbocycles. The Bertz CT molecular complexity index is 364. The van der Waals surface area contributed by atoms with Crippen molar-refractivity contribution in [3.8, 4) is 5.75 Å². The summed E-state index contributed by atoms with van der Waals surface area (Å²) in [6, 6.07) is 5.66. The molecule has 1 unspecified atom stereocenters. The molecule has 1 saturated heterocycles. The number of hydrogen-bond acceptors (Lipinski definition) is 3. The third-order valence-corrected chi connectivity index (χ3v) is 3.19. The van der Waals surface area contributed by atoms with Crippen molar-refractivity contribution >= 4 is 11.6 Å². The van der Waals surface area contributed by atoms with Gasteiger partial charge >= 0.3 is 0 Å². The van der Waals surface area contributed by atoms with Crippen molar-refractivity contribution in [2.45, 2.75) is 25.5 Å². The smallest absolute Gasteiger partial charge is 0.123 e. The lowest BCUT2D eigenvalue weighted by molar-refractivity contribution is 0.110. The molecule has 17 heavy (non-hydrogen) atoms. The molecule has 1 fully saturated rings. The standard InChI is InChI=1S/C13H18ClNO2/c1-16-13-5-4-11(14)7-10(13)8-15-9-12-3-2-6-17-12/h4-5,7,12,15H,2-3,6,8-9H2,1H3. The van der Waals surface area contributed by atoms with Crippen LogP contribution in [-0.2, 0) is 11.3 Å². The van der Waals surface area contributed by atoms with Crippen LogP contribution in [0.3, 0.4) is 0 Å². The van der Waals surface area contributed by atoms with Crippen LogP contribution in [0.2, 0.25) is 5.02 Å². The van der Waals surface area contributed by atoms with Gasteiger partial charge in [-0.3, -0.25) is 0 Å². The summed E-state index contributed by atoms with van der Waals surface area (Å²) < 4.78 is 10.8. The maximum atomic E-state index is 5.97. The van der Waals surface area contributed by atoms with E-state index in [1.807, 2.05) is 18.2 Å². The second-order valence-corrected chi connectivity index (χ2v) is 4.66. The first-order valence-electron chi connectivity index (χ1n) is 5.94. The van der Waals surface area contributed by atoms with E-state index < -0.39 is 0 Å². The van der Waals surface area contributed by atoms with Crippen LogP contribution in [0.15, 0.2) is 18.2 Å². The number of methoxy groups -OCH3 is 1. The van der Waals surface area contributed by atoms with E-state index in [1.165, 1.54) is 6.42 Å². The van der Waals surface area contributed by atoms with Crippen LogP contribution in [0.1, 0.15) is 18.4 Å². The molecule has 0 aromatic heterocycles. The Morgan fingerprint density at radius 3 is 3.12 bits per heavy atom. The summed E-state index contributed by atoms with van der Waals surface area (Å²) in [6.07, 6.45) is 2.69. The fourth-order valence-corrected chi connectivity index (χ4v) is 2.25. The molecule has 2 rings (SSSR count). The summed E-state index contributed by atoms with van der Waals surface area (Å²) in [5.74, 6) is 0.870. The van der Waals surface area contributed by atoms with Gasteiger partial charge in [0, 0.05) is 30.3 Å². The van der Waals surface area contributed by atoms with E-state index in [4.69, 9.17) is 21.1 Å². The minimum Gasteiger partial charge on any atom is -0.496 e. The van der Waals surface area contributed by atoms with Crippen LogP contribution in [0.25, 0.3) is 0 Å². The van der Waals surface area contributed by atoms with Crippen molar-refractivity contribution < 1.29 is 9.47 Å². The van der Waals surface area contributed by atoms with Crippen LogP contribution < -0.4 is 10.1 Å². The molecule has 1 aromatic carbocycles. The fourth-order valence-electron chi connectivity index (χ4n) is 2.06. The van der Waals surface area contributed by atoms with Crippen LogP contribution in [0.5, 0.6) is 5.75 Å². The molecule has 3 nitrogen and oxygen atoms in total. The van der Waals surface area contributed by atoms with E-state index >= 15 is 0 Å². The molecule has 0 bridgehead atoms.